The standard InChI is InChI=1S/C27H25ClN2O6S/c1-5-33-26(32)23-15(4)29-27-30(24(23)17-8-6-7-9-19(17)36-14(2)3)25(31)22(37-27)11-16-10-20-21(12-18(16)28)35-13-34-20/h6-12,14,24H,5,13H2,1-4H3/b22-11-/t24-/m1/s1. The van der Waals surface area contributed by atoms with Crippen LogP contribution in [0.1, 0.15) is 44.9 Å². The normalized spacial score (nSPS) is 16.6. The number of halogens is 1. The van der Waals surface area contributed by atoms with Crippen molar-refractivity contribution in [3.05, 3.63) is 83.5 Å². The van der Waals surface area contributed by atoms with Crippen molar-refractivity contribution in [3.63, 3.8) is 0 Å². The highest BCUT2D eigenvalue weighted by Gasteiger charge is 2.35. The summed E-state index contributed by atoms with van der Waals surface area (Å²) in [5.74, 6) is 1.16. The first-order valence-corrected chi connectivity index (χ1v) is 13.0. The summed E-state index contributed by atoms with van der Waals surface area (Å²) in [5, 5.41) is 0.422. The van der Waals surface area contributed by atoms with E-state index >= 15 is 0 Å². The third kappa shape index (κ3) is 4.65. The molecule has 0 bridgehead atoms. The molecule has 0 unspecified atom stereocenters. The molecule has 0 saturated heterocycles. The van der Waals surface area contributed by atoms with Crippen molar-refractivity contribution >= 4 is 35.0 Å². The molecule has 3 aromatic rings. The Morgan fingerprint density at radius 2 is 2.00 bits per heavy atom. The van der Waals surface area contributed by atoms with E-state index in [1.807, 2.05) is 38.1 Å². The Morgan fingerprint density at radius 3 is 2.73 bits per heavy atom. The number of fused-ring (bicyclic) bond motifs is 2. The molecule has 1 atom stereocenters. The second-order valence-corrected chi connectivity index (χ2v) is 10.1. The van der Waals surface area contributed by atoms with Gasteiger partial charge in [0.2, 0.25) is 6.79 Å². The van der Waals surface area contributed by atoms with E-state index in [1.54, 1.807) is 32.1 Å². The number of nitrogens with zero attached hydrogens (tertiary/aromatic N) is 2. The van der Waals surface area contributed by atoms with E-state index in [1.165, 1.54) is 15.9 Å². The van der Waals surface area contributed by atoms with E-state index in [0.717, 1.165) is 0 Å². The van der Waals surface area contributed by atoms with Gasteiger partial charge >= 0.3 is 5.97 Å². The highest BCUT2D eigenvalue weighted by molar-refractivity contribution is 7.07. The van der Waals surface area contributed by atoms with Crippen molar-refractivity contribution in [1.29, 1.82) is 0 Å². The zero-order valence-corrected chi connectivity index (χ0v) is 22.3. The minimum absolute atomic E-state index is 0.110. The molecule has 0 spiro atoms. The average Bonchev–Trinajstić information content (AvgIpc) is 3.42. The van der Waals surface area contributed by atoms with Gasteiger partial charge in [0.1, 0.15) is 11.8 Å². The van der Waals surface area contributed by atoms with Gasteiger partial charge in [-0.05, 0) is 51.5 Å². The molecule has 2 aromatic carbocycles. The average molecular weight is 541 g/mol. The van der Waals surface area contributed by atoms with Crippen molar-refractivity contribution in [3.8, 4) is 17.2 Å². The predicted octanol–water partition coefficient (Wildman–Crippen LogP) is 3.97. The molecule has 0 saturated carbocycles. The van der Waals surface area contributed by atoms with Crippen LogP contribution < -0.4 is 29.1 Å². The van der Waals surface area contributed by atoms with Crippen LogP contribution >= 0.6 is 22.9 Å². The molecule has 0 N–H and O–H groups in total. The van der Waals surface area contributed by atoms with Gasteiger partial charge < -0.3 is 18.9 Å². The van der Waals surface area contributed by atoms with Crippen LogP contribution in [0.5, 0.6) is 17.2 Å². The quantitative estimate of drug-likeness (QED) is 0.440. The SMILES string of the molecule is CCOC(=O)C1=C(C)N=c2s/c(=C\c3cc4c(cc3Cl)OCO4)c(=O)n2[C@@H]1c1ccccc1OC(C)C. The third-order valence-electron chi connectivity index (χ3n) is 5.87. The van der Waals surface area contributed by atoms with Crippen molar-refractivity contribution in [2.24, 2.45) is 4.99 Å². The van der Waals surface area contributed by atoms with Crippen LogP contribution in [0.3, 0.4) is 0 Å². The fraction of sp³-hybridized carbons (Fsp3) is 0.296. The molecule has 2 aliphatic rings. The summed E-state index contributed by atoms with van der Waals surface area (Å²) in [6, 6.07) is 10.0. The highest BCUT2D eigenvalue weighted by Crippen LogP contribution is 2.38. The molecule has 0 aliphatic carbocycles. The molecule has 2 aliphatic heterocycles. The number of thiazole rings is 1. The first-order valence-electron chi connectivity index (χ1n) is 11.8. The van der Waals surface area contributed by atoms with E-state index < -0.39 is 12.0 Å². The summed E-state index contributed by atoms with van der Waals surface area (Å²) >= 11 is 7.69. The van der Waals surface area contributed by atoms with Gasteiger partial charge in [0.25, 0.3) is 5.56 Å². The molecule has 8 nitrogen and oxygen atoms in total. The number of carbonyl (C=O) groups excluding carboxylic acids is 1. The van der Waals surface area contributed by atoms with E-state index in [4.69, 9.17) is 30.5 Å². The van der Waals surface area contributed by atoms with Gasteiger partial charge in [-0.25, -0.2) is 9.79 Å². The number of rotatable bonds is 6. The second-order valence-electron chi connectivity index (χ2n) is 8.73. The van der Waals surface area contributed by atoms with E-state index in [2.05, 4.69) is 4.99 Å². The Hall–Kier alpha value is -3.56. The molecule has 192 valence electrons. The van der Waals surface area contributed by atoms with Crippen molar-refractivity contribution in [2.75, 3.05) is 13.4 Å². The third-order valence-corrected chi connectivity index (χ3v) is 7.18. The predicted molar refractivity (Wildman–Crippen MR) is 140 cm³/mol. The van der Waals surface area contributed by atoms with E-state index in [9.17, 15) is 9.59 Å². The van der Waals surface area contributed by atoms with Gasteiger partial charge in [0.05, 0.1) is 33.5 Å². The molecule has 5 rings (SSSR count). The summed E-state index contributed by atoms with van der Waals surface area (Å²) in [6.07, 6.45) is 1.59. The van der Waals surface area contributed by atoms with Crippen molar-refractivity contribution in [2.45, 2.75) is 39.8 Å². The van der Waals surface area contributed by atoms with Gasteiger partial charge in [0, 0.05) is 11.6 Å². The van der Waals surface area contributed by atoms with Gasteiger partial charge in [-0.2, -0.15) is 0 Å². The number of para-hydroxylation sites is 1. The van der Waals surface area contributed by atoms with E-state index in [0.29, 0.717) is 54.0 Å². The van der Waals surface area contributed by atoms with Crippen LogP contribution in [-0.2, 0) is 9.53 Å². The molecular formula is C27H25ClN2O6S. The zero-order valence-electron chi connectivity index (χ0n) is 20.7. The largest absolute Gasteiger partial charge is 0.491 e. The lowest BCUT2D eigenvalue weighted by molar-refractivity contribution is -0.139. The summed E-state index contributed by atoms with van der Waals surface area (Å²) in [5.41, 5.74) is 1.74. The molecule has 0 fully saturated rings. The lowest BCUT2D eigenvalue weighted by atomic mass is 9.95. The highest BCUT2D eigenvalue weighted by atomic mass is 35.5. The maximum atomic E-state index is 13.9. The van der Waals surface area contributed by atoms with Crippen LogP contribution in [0.15, 0.2) is 57.5 Å². The number of carbonyl (C=O) groups is 1. The number of ether oxygens (including phenoxy) is 4. The fourth-order valence-corrected chi connectivity index (χ4v) is 5.58. The first kappa shape index (κ1) is 25.1. The summed E-state index contributed by atoms with van der Waals surface area (Å²) < 4.78 is 24.2. The number of allylic oxidation sites excluding steroid dienone is 1. The lowest BCUT2D eigenvalue weighted by Crippen LogP contribution is -2.40. The second kappa shape index (κ2) is 10.1. The van der Waals surface area contributed by atoms with Crippen LogP contribution in [0, 0.1) is 0 Å². The van der Waals surface area contributed by atoms with Crippen LogP contribution in [0.4, 0.5) is 0 Å². The minimum atomic E-state index is -0.778. The van der Waals surface area contributed by atoms with Crippen LogP contribution in [-0.4, -0.2) is 30.0 Å². The van der Waals surface area contributed by atoms with Gasteiger partial charge in [0.15, 0.2) is 16.3 Å². The fourth-order valence-electron chi connectivity index (χ4n) is 4.34. The van der Waals surface area contributed by atoms with Gasteiger partial charge in [-0.1, -0.05) is 41.1 Å². The summed E-state index contributed by atoms with van der Waals surface area (Å²) in [6.45, 7) is 7.64. The lowest BCUT2D eigenvalue weighted by Gasteiger charge is -2.26. The Kier molecular flexibility index (Phi) is 6.83. The zero-order chi connectivity index (χ0) is 26.3. The minimum Gasteiger partial charge on any atom is -0.491 e. The molecule has 37 heavy (non-hydrogen) atoms. The topological polar surface area (TPSA) is 88.4 Å². The maximum Gasteiger partial charge on any atom is 0.338 e. The Morgan fingerprint density at radius 1 is 1.27 bits per heavy atom. The van der Waals surface area contributed by atoms with Crippen LogP contribution in [0.2, 0.25) is 5.02 Å². The number of hydrogen-bond donors (Lipinski definition) is 0. The first-order chi connectivity index (χ1) is 17.8. The maximum absolute atomic E-state index is 13.9. The van der Waals surface area contributed by atoms with Gasteiger partial charge in [-0.15, -0.1) is 0 Å². The number of aromatic nitrogens is 1. The van der Waals surface area contributed by atoms with Crippen LogP contribution in [0.25, 0.3) is 6.08 Å². The molecule has 3 heterocycles. The van der Waals surface area contributed by atoms with Crippen molar-refractivity contribution < 1.29 is 23.7 Å². The molecular weight excluding hydrogens is 516 g/mol. The molecule has 1 aromatic heterocycles. The number of hydrogen-bond acceptors (Lipinski definition) is 8. The Balaban J connectivity index is 1.73. The van der Waals surface area contributed by atoms with Crippen molar-refractivity contribution in [1.82, 2.24) is 4.57 Å². The summed E-state index contributed by atoms with van der Waals surface area (Å²) in [7, 11) is 0. The smallest absolute Gasteiger partial charge is 0.338 e. The molecule has 0 amide bonds. The number of esters is 1. The van der Waals surface area contributed by atoms with E-state index in [-0.39, 0.29) is 25.1 Å². The van der Waals surface area contributed by atoms with Gasteiger partial charge in [-0.3, -0.25) is 9.36 Å². The monoisotopic (exact) mass is 540 g/mol. The summed E-state index contributed by atoms with van der Waals surface area (Å²) in [4.78, 5) is 32.1. The molecule has 0 radical (unpaired) electrons. The number of benzene rings is 2. The Labute approximate surface area is 222 Å². The Bertz CT molecular complexity index is 1600. The molecule has 10 heteroatoms.